The Morgan fingerprint density at radius 2 is 2.23 bits per heavy atom. The molecule has 7 nitrogen and oxygen atoms in total. The van der Waals surface area contributed by atoms with Crippen LogP contribution in [0.2, 0.25) is 0 Å². The van der Waals surface area contributed by atoms with Crippen LogP contribution in [0.1, 0.15) is 30.0 Å². The molecular formula is C20H18BrFN4O3S. The van der Waals surface area contributed by atoms with Gasteiger partial charge in [0.05, 0.1) is 18.1 Å². The van der Waals surface area contributed by atoms with Crippen molar-refractivity contribution in [2.24, 2.45) is 16.6 Å². The summed E-state index contributed by atoms with van der Waals surface area (Å²) in [5, 5.41) is 2.48. The predicted octanol–water partition coefficient (Wildman–Crippen LogP) is 3.17. The van der Waals surface area contributed by atoms with Crippen molar-refractivity contribution in [1.82, 2.24) is 9.88 Å². The van der Waals surface area contributed by atoms with E-state index < -0.39 is 29.7 Å². The highest BCUT2D eigenvalue weighted by molar-refractivity contribution is 9.10. The Hall–Kier alpha value is -2.59. The second-order valence-electron chi connectivity index (χ2n) is 6.85. The molecule has 1 saturated heterocycles. The maximum Gasteiger partial charge on any atom is 0.338 e. The van der Waals surface area contributed by atoms with Gasteiger partial charge in [-0.1, -0.05) is 22.0 Å². The molecule has 4 rings (SSSR count). The topological polar surface area (TPSA) is 97.9 Å². The molecule has 0 spiro atoms. The quantitative estimate of drug-likeness (QED) is 0.646. The molecule has 0 bridgehead atoms. The van der Waals surface area contributed by atoms with Crippen molar-refractivity contribution in [3.63, 3.8) is 0 Å². The molecule has 10 heteroatoms. The number of rotatable bonds is 5. The number of allylic oxidation sites excluding steroid dienone is 1. The molecule has 2 aliphatic heterocycles. The highest BCUT2D eigenvalue weighted by atomic mass is 79.9. The van der Waals surface area contributed by atoms with Crippen molar-refractivity contribution in [2.75, 3.05) is 13.2 Å². The number of aromatic nitrogens is 1. The summed E-state index contributed by atoms with van der Waals surface area (Å²) in [6.45, 7) is 2.22. The first-order chi connectivity index (χ1) is 14.4. The maximum atomic E-state index is 13.7. The molecule has 0 radical (unpaired) electrons. The average Bonchev–Trinajstić information content (AvgIpc) is 3.37. The standard InChI is InChI=1S/C20H18BrFN4O3S/c1-2-29-20(28)15-14-7-10(17(23)27)9-26(14)18(19-24-5-6-30-19)25-16(15)12-4-3-11(22)8-13(12)21/h3-6,8,10,16H,2,7,9H2,1H3,(H2,23,27). The highest BCUT2D eigenvalue weighted by Crippen LogP contribution is 2.43. The van der Waals surface area contributed by atoms with Crippen LogP contribution in [0, 0.1) is 11.7 Å². The van der Waals surface area contributed by atoms with Gasteiger partial charge in [0.2, 0.25) is 5.91 Å². The van der Waals surface area contributed by atoms with E-state index in [0.29, 0.717) is 45.1 Å². The maximum absolute atomic E-state index is 13.7. The molecule has 2 atom stereocenters. The largest absolute Gasteiger partial charge is 0.463 e. The van der Waals surface area contributed by atoms with E-state index in [4.69, 9.17) is 15.5 Å². The number of ether oxygens (including phenoxy) is 1. The fraction of sp³-hybridized carbons (Fsp3) is 0.300. The first-order valence-electron chi connectivity index (χ1n) is 9.30. The summed E-state index contributed by atoms with van der Waals surface area (Å²) in [4.78, 5) is 35.9. The molecule has 1 fully saturated rings. The number of amides is 1. The molecule has 2 unspecified atom stereocenters. The van der Waals surface area contributed by atoms with E-state index in [1.807, 2.05) is 10.3 Å². The van der Waals surface area contributed by atoms with Crippen molar-refractivity contribution in [1.29, 1.82) is 0 Å². The van der Waals surface area contributed by atoms with Crippen molar-refractivity contribution in [2.45, 2.75) is 19.4 Å². The summed E-state index contributed by atoms with van der Waals surface area (Å²) in [6.07, 6.45) is 1.96. The molecule has 1 aromatic heterocycles. The highest BCUT2D eigenvalue weighted by Gasteiger charge is 2.43. The van der Waals surface area contributed by atoms with Crippen LogP contribution in [-0.4, -0.2) is 40.7 Å². The Morgan fingerprint density at radius 3 is 2.87 bits per heavy atom. The molecule has 2 aliphatic rings. The molecule has 156 valence electrons. The molecule has 0 saturated carbocycles. The van der Waals surface area contributed by atoms with Crippen LogP contribution >= 0.6 is 27.3 Å². The van der Waals surface area contributed by atoms with E-state index >= 15 is 0 Å². The van der Waals surface area contributed by atoms with Crippen molar-refractivity contribution < 1.29 is 18.7 Å². The number of amidine groups is 1. The molecular weight excluding hydrogens is 475 g/mol. The smallest absolute Gasteiger partial charge is 0.338 e. The number of hydrogen-bond acceptors (Lipinski definition) is 7. The summed E-state index contributed by atoms with van der Waals surface area (Å²) < 4.78 is 19.5. The van der Waals surface area contributed by atoms with Crippen LogP contribution in [0.5, 0.6) is 0 Å². The van der Waals surface area contributed by atoms with E-state index in [0.717, 1.165) is 0 Å². The van der Waals surface area contributed by atoms with E-state index in [1.165, 1.54) is 23.5 Å². The van der Waals surface area contributed by atoms with Gasteiger partial charge in [-0.25, -0.2) is 14.2 Å². The Balaban J connectivity index is 1.92. The van der Waals surface area contributed by atoms with Gasteiger partial charge >= 0.3 is 5.97 Å². The lowest BCUT2D eigenvalue weighted by Crippen LogP contribution is -2.36. The third-order valence-corrected chi connectivity index (χ3v) is 6.49. The number of carbonyl (C=O) groups is 2. The minimum Gasteiger partial charge on any atom is -0.463 e. The number of carbonyl (C=O) groups excluding carboxylic acids is 2. The number of thiazole rings is 1. The summed E-state index contributed by atoms with van der Waals surface area (Å²) >= 11 is 4.79. The number of esters is 1. The predicted molar refractivity (Wildman–Crippen MR) is 113 cm³/mol. The fourth-order valence-corrected chi connectivity index (χ4v) is 4.91. The Kier molecular flexibility index (Phi) is 5.70. The molecule has 1 amide bonds. The van der Waals surface area contributed by atoms with E-state index in [2.05, 4.69) is 20.9 Å². The van der Waals surface area contributed by atoms with Gasteiger partial charge < -0.3 is 15.4 Å². The Bertz CT molecular complexity index is 1070. The minimum atomic E-state index is -0.740. The lowest BCUT2D eigenvalue weighted by Gasteiger charge is -2.31. The molecule has 1 aromatic carbocycles. The van der Waals surface area contributed by atoms with Crippen molar-refractivity contribution in [3.05, 3.63) is 61.9 Å². The van der Waals surface area contributed by atoms with E-state index in [1.54, 1.807) is 19.2 Å². The molecule has 30 heavy (non-hydrogen) atoms. The second-order valence-corrected chi connectivity index (χ2v) is 8.60. The van der Waals surface area contributed by atoms with Gasteiger partial charge in [0, 0.05) is 34.7 Å². The van der Waals surface area contributed by atoms with E-state index in [9.17, 15) is 14.0 Å². The third kappa shape index (κ3) is 3.65. The number of aliphatic imine (C=N–C) groups is 1. The van der Waals surface area contributed by atoms with Gasteiger partial charge in [-0.05, 0) is 24.6 Å². The lowest BCUT2D eigenvalue weighted by molar-refractivity contribution is -0.139. The fourth-order valence-electron chi connectivity index (χ4n) is 3.70. The summed E-state index contributed by atoms with van der Waals surface area (Å²) in [5.74, 6) is -1.29. The van der Waals surface area contributed by atoms with Crippen LogP contribution < -0.4 is 5.73 Å². The number of nitrogens with two attached hydrogens (primary N) is 1. The van der Waals surface area contributed by atoms with Gasteiger partial charge in [-0.2, -0.15) is 0 Å². The van der Waals surface area contributed by atoms with Crippen molar-refractivity contribution in [3.8, 4) is 0 Å². The monoisotopic (exact) mass is 492 g/mol. The number of nitrogens with zero attached hydrogens (tertiary/aromatic N) is 3. The summed E-state index contributed by atoms with van der Waals surface area (Å²) in [5.41, 5.74) is 7.16. The molecule has 3 heterocycles. The normalized spacial score (nSPS) is 20.8. The zero-order valence-electron chi connectivity index (χ0n) is 16.0. The number of hydrogen-bond donors (Lipinski definition) is 1. The molecule has 2 aromatic rings. The first-order valence-corrected chi connectivity index (χ1v) is 11.0. The van der Waals surface area contributed by atoms with Crippen LogP contribution in [0.15, 0.2) is 50.5 Å². The Morgan fingerprint density at radius 1 is 1.43 bits per heavy atom. The Labute approximate surface area is 184 Å². The van der Waals surface area contributed by atoms with Gasteiger partial charge in [0.25, 0.3) is 0 Å². The average molecular weight is 493 g/mol. The van der Waals surface area contributed by atoms with Gasteiger partial charge in [0.15, 0.2) is 10.8 Å². The molecule has 0 aliphatic carbocycles. The number of fused-ring (bicyclic) bond motifs is 1. The van der Waals surface area contributed by atoms with Gasteiger partial charge in [-0.3, -0.25) is 9.79 Å². The SMILES string of the molecule is CCOC(=O)C1=C2CC(C(N)=O)CN2C(c2nccs2)=NC1c1ccc(F)cc1Br. The van der Waals surface area contributed by atoms with Gasteiger partial charge in [0.1, 0.15) is 11.9 Å². The number of halogens is 2. The van der Waals surface area contributed by atoms with Crippen LogP contribution in [0.4, 0.5) is 4.39 Å². The number of benzene rings is 1. The number of primary amides is 1. The summed E-state index contributed by atoms with van der Waals surface area (Å²) in [6, 6.07) is 3.49. The second kappa shape index (κ2) is 8.27. The van der Waals surface area contributed by atoms with Crippen LogP contribution in [0.25, 0.3) is 0 Å². The van der Waals surface area contributed by atoms with Crippen LogP contribution in [-0.2, 0) is 14.3 Å². The lowest BCUT2D eigenvalue weighted by atomic mass is 9.94. The van der Waals surface area contributed by atoms with Crippen molar-refractivity contribution >= 4 is 45.0 Å². The zero-order chi connectivity index (χ0) is 21.4. The van der Waals surface area contributed by atoms with E-state index in [-0.39, 0.29) is 6.61 Å². The minimum absolute atomic E-state index is 0.190. The van der Waals surface area contributed by atoms with Gasteiger partial charge in [-0.15, -0.1) is 11.3 Å². The first kappa shape index (κ1) is 20.7. The molecule has 2 N–H and O–H groups in total. The van der Waals surface area contributed by atoms with Crippen LogP contribution in [0.3, 0.4) is 0 Å². The third-order valence-electron chi connectivity index (χ3n) is 5.04. The summed E-state index contributed by atoms with van der Waals surface area (Å²) in [7, 11) is 0. The zero-order valence-corrected chi connectivity index (χ0v) is 18.4.